The van der Waals surface area contributed by atoms with Gasteiger partial charge < -0.3 is 10.6 Å². The molecule has 1 unspecified atom stereocenters. The minimum atomic E-state index is 0.222. The standard InChI is InChI=1S/C13H19N3S/c1-10(11-6-8-14-9-7-11)15-13(17)16-12-4-2-3-5-12/h6-10,12H,2-5H2,1H3,(H2,15,16,17). The fourth-order valence-corrected chi connectivity index (χ4v) is 2.57. The van der Waals surface area contributed by atoms with E-state index in [1.165, 1.54) is 31.2 Å². The van der Waals surface area contributed by atoms with E-state index in [1.54, 1.807) is 12.4 Å². The van der Waals surface area contributed by atoms with Crippen LogP contribution in [-0.2, 0) is 0 Å². The molecule has 92 valence electrons. The molecule has 1 atom stereocenters. The monoisotopic (exact) mass is 249 g/mol. The van der Waals surface area contributed by atoms with Gasteiger partial charge in [-0.15, -0.1) is 0 Å². The van der Waals surface area contributed by atoms with E-state index in [2.05, 4.69) is 22.5 Å². The fourth-order valence-electron chi connectivity index (χ4n) is 2.23. The number of hydrogen-bond donors (Lipinski definition) is 2. The van der Waals surface area contributed by atoms with E-state index < -0.39 is 0 Å². The van der Waals surface area contributed by atoms with Crippen molar-refractivity contribution in [1.29, 1.82) is 0 Å². The summed E-state index contributed by atoms with van der Waals surface area (Å²) in [6.07, 6.45) is 8.74. The maximum atomic E-state index is 5.33. The minimum Gasteiger partial charge on any atom is -0.360 e. The molecule has 1 fully saturated rings. The number of pyridine rings is 1. The van der Waals surface area contributed by atoms with Gasteiger partial charge in [0.2, 0.25) is 0 Å². The van der Waals surface area contributed by atoms with E-state index in [4.69, 9.17) is 12.2 Å². The Bertz CT molecular complexity index is 360. The smallest absolute Gasteiger partial charge is 0.166 e. The SMILES string of the molecule is CC(NC(=S)NC1CCCC1)c1ccncc1. The van der Waals surface area contributed by atoms with Gasteiger partial charge in [0.15, 0.2) is 5.11 Å². The number of rotatable bonds is 3. The summed E-state index contributed by atoms with van der Waals surface area (Å²) >= 11 is 5.33. The third kappa shape index (κ3) is 3.66. The van der Waals surface area contributed by atoms with E-state index in [-0.39, 0.29) is 6.04 Å². The zero-order valence-corrected chi connectivity index (χ0v) is 11.0. The van der Waals surface area contributed by atoms with Gasteiger partial charge in [-0.3, -0.25) is 4.98 Å². The molecule has 0 amide bonds. The van der Waals surface area contributed by atoms with Crippen molar-refractivity contribution in [2.24, 2.45) is 0 Å². The average Bonchev–Trinajstić information content (AvgIpc) is 2.82. The van der Waals surface area contributed by atoms with Crippen molar-refractivity contribution in [2.75, 3.05) is 0 Å². The molecule has 4 heteroatoms. The van der Waals surface area contributed by atoms with Gasteiger partial charge >= 0.3 is 0 Å². The lowest BCUT2D eigenvalue weighted by molar-refractivity contribution is 0.605. The largest absolute Gasteiger partial charge is 0.360 e. The first-order chi connectivity index (χ1) is 8.25. The second-order valence-electron chi connectivity index (χ2n) is 4.60. The predicted molar refractivity (Wildman–Crippen MR) is 73.8 cm³/mol. The molecule has 0 aliphatic heterocycles. The van der Waals surface area contributed by atoms with E-state index >= 15 is 0 Å². The van der Waals surface area contributed by atoms with Crippen molar-refractivity contribution in [1.82, 2.24) is 15.6 Å². The van der Waals surface area contributed by atoms with Crippen molar-refractivity contribution in [2.45, 2.75) is 44.7 Å². The first-order valence-corrected chi connectivity index (χ1v) is 6.63. The van der Waals surface area contributed by atoms with Crippen LogP contribution in [0.15, 0.2) is 24.5 Å². The highest BCUT2D eigenvalue weighted by Gasteiger charge is 2.16. The van der Waals surface area contributed by atoms with E-state index in [0.717, 1.165) is 5.11 Å². The maximum absolute atomic E-state index is 5.33. The molecule has 0 bridgehead atoms. The zero-order valence-electron chi connectivity index (χ0n) is 10.1. The summed E-state index contributed by atoms with van der Waals surface area (Å²) < 4.78 is 0. The summed E-state index contributed by atoms with van der Waals surface area (Å²) in [6, 6.07) is 4.81. The summed E-state index contributed by atoms with van der Waals surface area (Å²) in [4.78, 5) is 4.01. The molecule has 1 aromatic rings. The van der Waals surface area contributed by atoms with Crippen molar-refractivity contribution < 1.29 is 0 Å². The molecule has 2 N–H and O–H groups in total. The first kappa shape index (κ1) is 12.3. The van der Waals surface area contributed by atoms with Crippen molar-refractivity contribution in [3.8, 4) is 0 Å². The van der Waals surface area contributed by atoms with E-state index in [1.807, 2.05) is 12.1 Å². The van der Waals surface area contributed by atoms with Crippen LogP contribution in [0.25, 0.3) is 0 Å². The molecule has 0 spiro atoms. The molecule has 3 nitrogen and oxygen atoms in total. The topological polar surface area (TPSA) is 37.0 Å². The molecule has 0 aromatic carbocycles. The lowest BCUT2D eigenvalue weighted by Gasteiger charge is -2.20. The van der Waals surface area contributed by atoms with Gasteiger partial charge in [0.05, 0.1) is 6.04 Å². The maximum Gasteiger partial charge on any atom is 0.166 e. The second-order valence-corrected chi connectivity index (χ2v) is 5.01. The Morgan fingerprint density at radius 3 is 2.65 bits per heavy atom. The van der Waals surface area contributed by atoms with Crippen molar-refractivity contribution in [3.63, 3.8) is 0 Å². The van der Waals surface area contributed by atoms with Crippen molar-refractivity contribution in [3.05, 3.63) is 30.1 Å². The number of nitrogens with one attached hydrogen (secondary N) is 2. The van der Waals surface area contributed by atoms with Crippen LogP contribution in [0.2, 0.25) is 0 Å². The molecular formula is C13H19N3S. The Hall–Kier alpha value is -1.16. The van der Waals surface area contributed by atoms with Gasteiger partial charge in [-0.05, 0) is 49.7 Å². The molecule has 0 radical (unpaired) electrons. The van der Waals surface area contributed by atoms with Crippen LogP contribution in [0.5, 0.6) is 0 Å². The first-order valence-electron chi connectivity index (χ1n) is 6.22. The zero-order chi connectivity index (χ0) is 12.1. The van der Waals surface area contributed by atoms with Crippen LogP contribution in [0.4, 0.5) is 0 Å². The van der Waals surface area contributed by atoms with Crippen LogP contribution in [0.3, 0.4) is 0 Å². The van der Waals surface area contributed by atoms with E-state index in [0.29, 0.717) is 6.04 Å². The quantitative estimate of drug-likeness (QED) is 0.807. The fraction of sp³-hybridized carbons (Fsp3) is 0.538. The van der Waals surface area contributed by atoms with E-state index in [9.17, 15) is 0 Å². The second kappa shape index (κ2) is 5.96. The highest BCUT2D eigenvalue weighted by molar-refractivity contribution is 7.80. The van der Waals surface area contributed by atoms with Crippen LogP contribution in [-0.4, -0.2) is 16.1 Å². The van der Waals surface area contributed by atoms with Crippen LogP contribution >= 0.6 is 12.2 Å². The summed E-state index contributed by atoms with van der Waals surface area (Å²) in [5, 5.41) is 7.46. The lowest BCUT2D eigenvalue weighted by Crippen LogP contribution is -2.41. The van der Waals surface area contributed by atoms with Gasteiger partial charge in [0.1, 0.15) is 0 Å². The predicted octanol–water partition coefficient (Wildman–Crippen LogP) is 2.55. The molecule has 1 heterocycles. The van der Waals surface area contributed by atoms with Gasteiger partial charge in [-0.2, -0.15) is 0 Å². The summed E-state index contributed by atoms with van der Waals surface area (Å²) in [6.45, 7) is 2.11. The number of aromatic nitrogens is 1. The Labute approximate surface area is 108 Å². The van der Waals surface area contributed by atoms with Gasteiger partial charge in [0.25, 0.3) is 0 Å². The Morgan fingerprint density at radius 1 is 1.35 bits per heavy atom. The minimum absolute atomic E-state index is 0.222. The third-order valence-corrected chi connectivity index (χ3v) is 3.48. The van der Waals surface area contributed by atoms with Gasteiger partial charge in [-0.25, -0.2) is 0 Å². The third-order valence-electron chi connectivity index (χ3n) is 3.24. The van der Waals surface area contributed by atoms with Gasteiger partial charge in [0, 0.05) is 18.4 Å². The summed E-state index contributed by atoms with van der Waals surface area (Å²) in [5.41, 5.74) is 1.20. The Balaban J connectivity index is 1.81. The molecule has 0 saturated heterocycles. The average molecular weight is 249 g/mol. The van der Waals surface area contributed by atoms with Crippen LogP contribution in [0.1, 0.15) is 44.2 Å². The normalized spacial score (nSPS) is 17.7. The highest BCUT2D eigenvalue weighted by atomic mass is 32.1. The molecular weight excluding hydrogens is 230 g/mol. The molecule has 1 saturated carbocycles. The lowest BCUT2D eigenvalue weighted by atomic mass is 10.1. The molecule has 1 aliphatic rings. The molecule has 2 rings (SSSR count). The summed E-state index contributed by atoms with van der Waals surface area (Å²) in [5.74, 6) is 0. The van der Waals surface area contributed by atoms with Crippen LogP contribution in [0, 0.1) is 0 Å². The Morgan fingerprint density at radius 2 is 2.00 bits per heavy atom. The highest BCUT2D eigenvalue weighted by Crippen LogP contribution is 2.17. The van der Waals surface area contributed by atoms with Gasteiger partial charge in [-0.1, -0.05) is 12.8 Å². The molecule has 17 heavy (non-hydrogen) atoms. The molecule has 1 aromatic heterocycles. The Kier molecular flexibility index (Phi) is 4.31. The number of nitrogens with zero attached hydrogens (tertiary/aromatic N) is 1. The number of hydrogen-bond acceptors (Lipinski definition) is 2. The number of thiocarbonyl (C=S) groups is 1. The molecule has 1 aliphatic carbocycles. The van der Waals surface area contributed by atoms with Crippen molar-refractivity contribution >= 4 is 17.3 Å². The van der Waals surface area contributed by atoms with Crippen LogP contribution < -0.4 is 10.6 Å². The summed E-state index contributed by atoms with van der Waals surface area (Å²) in [7, 11) is 0.